The summed E-state index contributed by atoms with van der Waals surface area (Å²) in [6.45, 7) is 8.42. The second-order valence-corrected chi connectivity index (χ2v) is 9.97. The van der Waals surface area contributed by atoms with Crippen LogP contribution in [0.15, 0.2) is 18.2 Å². The van der Waals surface area contributed by atoms with E-state index < -0.39 is 6.17 Å². The van der Waals surface area contributed by atoms with Crippen molar-refractivity contribution in [2.45, 2.75) is 64.7 Å². The van der Waals surface area contributed by atoms with E-state index in [4.69, 9.17) is 14.8 Å². The number of aromatic nitrogens is 3. The van der Waals surface area contributed by atoms with Crippen LogP contribution in [0.2, 0.25) is 0 Å². The summed E-state index contributed by atoms with van der Waals surface area (Å²) in [4.78, 5) is 7.15. The van der Waals surface area contributed by atoms with Crippen LogP contribution >= 0.6 is 0 Å². The first kappa shape index (κ1) is 24.1. The van der Waals surface area contributed by atoms with Gasteiger partial charge in [0.1, 0.15) is 23.3 Å². The third-order valence-corrected chi connectivity index (χ3v) is 7.65. The van der Waals surface area contributed by atoms with Crippen molar-refractivity contribution in [1.82, 2.24) is 20.1 Å². The minimum atomic E-state index is -0.957. The number of hydrogen-bond acceptors (Lipinski definition) is 5. The van der Waals surface area contributed by atoms with Gasteiger partial charge in [0.25, 0.3) is 0 Å². The Morgan fingerprint density at radius 3 is 2.57 bits per heavy atom. The molecule has 6 nitrogen and oxygen atoms in total. The molecule has 1 aromatic carbocycles. The maximum Gasteiger partial charge on any atom is 0.149 e. The van der Waals surface area contributed by atoms with Gasteiger partial charge in [0.05, 0.1) is 12.3 Å². The Morgan fingerprint density at radius 1 is 1.14 bits per heavy atom. The molecule has 0 aliphatic carbocycles. The molecule has 0 radical (unpaired) electrons. The molecule has 8 heteroatoms. The summed E-state index contributed by atoms with van der Waals surface area (Å²) in [7, 11) is 1.93. The summed E-state index contributed by atoms with van der Waals surface area (Å²) in [6, 6.07) is 5.83. The third-order valence-electron chi connectivity index (χ3n) is 7.65. The van der Waals surface area contributed by atoms with Gasteiger partial charge >= 0.3 is 0 Å². The quantitative estimate of drug-likeness (QED) is 0.573. The summed E-state index contributed by atoms with van der Waals surface area (Å²) in [6.07, 6.45) is 2.26. The highest BCUT2D eigenvalue weighted by Crippen LogP contribution is 2.38. The molecular weight excluding hydrogens is 448 g/mol. The van der Waals surface area contributed by atoms with Gasteiger partial charge in [-0.05, 0) is 68.9 Å². The lowest BCUT2D eigenvalue weighted by Gasteiger charge is -2.37. The fraction of sp³-hybridized carbons (Fsp3) is 0.556. The zero-order valence-electron chi connectivity index (χ0n) is 21.1. The molecule has 2 aromatic heterocycles. The van der Waals surface area contributed by atoms with E-state index >= 15 is 4.39 Å². The molecule has 3 aromatic rings. The molecule has 2 aliphatic heterocycles. The Kier molecular flexibility index (Phi) is 6.77. The number of nitrogens with one attached hydrogen (secondary N) is 1. The Hall–Kier alpha value is -2.58. The first-order valence-corrected chi connectivity index (χ1v) is 12.7. The lowest BCUT2D eigenvalue weighted by molar-refractivity contribution is 0.0101. The number of aryl methyl sites for hydroxylation is 4. The lowest BCUT2D eigenvalue weighted by Crippen LogP contribution is -2.52. The highest BCUT2D eigenvalue weighted by Gasteiger charge is 2.31. The summed E-state index contributed by atoms with van der Waals surface area (Å²) < 4.78 is 36.5. The van der Waals surface area contributed by atoms with Gasteiger partial charge in [0.15, 0.2) is 0 Å². The summed E-state index contributed by atoms with van der Waals surface area (Å²) in [5, 5.41) is 9.12. The number of alkyl halides is 1. The average Bonchev–Trinajstić information content (AvgIpc) is 3.18. The van der Waals surface area contributed by atoms with Gasteiger partial charge in [-0.1, -0.05) is 6.92 Å². The fourth-order valence-corrected chi connectivity index (χ4v) is 5.39. The maximum atomic E-state index is 15.2. The van der Waals surface area contributed by atoms with E-state index in [9.17, 15) is 4.39 Å². The van der Waals surface area contributed by atoms with Crippen molar-refractivity contribution in [2.75, 3.05) is 31.2 Å². The number of ether oxygens (including phenoxy) is 1. The van der Waals surface area contributed by atoms with Gasteiger partial charge < -0.3 is 15.0 Å². The van der Waals surface area contributed by atoms with Crippen molar-refractivity contribution < 1.29 is 13.5 Å². The molecule has 1 N–H and O–H groups in total. The van der Waals surface area contributed by atoms with Crippen LogP contribution in [0.4, 0.5) is 14.6 Å². The minimum absolute atomic E-state index is 0.143. The van der Waals surface area contributed by atoms with Gasteiger partial charge in [0, 0.05) is 55.5 Å². The standard InChI is InChI=1S/C27H35F2N5O/c1-5-18-13-20-17(3)25(24-12-16(2)33(4)32-24)27(31-26(20)21(28)14-18)34-9-6-19(7-10-34)30-23-8-11-35-15-22(23)29/h12-14,19,22-23,30H,5-11,15H2,1-4H3/t22-,23-/m1/s1. The average molecular weight is 484 g/mol. The van der Waals surface area contributed by atoms with E-state index in [1.54, 1.807) is 6.07 Å². The van der Waals surface area contributed by atoms with Gasteiger partial charge in [0.2, 0.25) is 0 Å². The molecule has 2 fully saturated rings. The Balaban J connectivity index is 1.49. The Morgan fingerprint density at radius 2 is 1.91 bits per heavy atom. The third kappa shape index (κ3) is 4.66. The predicted octanol–water partition coefficient (Wildman–Crippen LogP) is 4.64. The van der Waals surface area contributed by atoms with E-state index in [1.807, 2.05) is 32.5 Å². The second-order valence-electron chi connectivity index (χ2n) is 9.97. The number of rotatable bonds is 5. The largest absolute Gasteiger partial charge is 0.378 e. The second kappa shape index (κ2) is 9.82. The van der Waals surface area contributed by atoms with E-state index in [-0.39, 0.29) is 24.5 Å². The number of piperidine rings is 1. The van der Waals surface area contributed by atoms with Crippen molar-refractivity contribution in [1.29, 1.82) is 0 Å². The number of hydrogen-bond donors (Lipinski definition) is 1. The molecule has 0 unspecified atom stereocenters. The number of fused-ring (bicyclic) bond motifs is 1. The van der Waals surface area contributed by atoms with Gasteiger partial charge in [-0.25, -0.2) is 13.8 Å². The van der Waals surface area contributed by atoms with Crippen molar-refractivity contribution in [2.24, 2.45) is 7.05 Å². The first-order valence-electron chi connectivity index (χ1n) is 12.7. The van der Waals surface area contributed by atoms with Gasteiger partial charge in [-0.15, -0.1) is 0 Å². The summed E-state index contributed by atoms with van der Waals surface area (Å²) in [5.74, 6) is 0.502. The van der Waals surface area contributed by atoms with Crippen molar-refractivity contribution in [3.05, 3.63) is 40.8 Å². The zero-order valence-corrected chi connectivity index (χ0v) is 21.1. The van der Waals surface area contributed by atoms with Crippen molar-refractivity contribution in [3.8, 4) is 11.3 Å². The van der Waals surface area contributed by atoms with Gasteiger partial charge in [-0.3, -0.25) is 4.68 Å². The maximum absolute atomic E-state index is 15.2. The molecule has 0 saturated carbocycles. The van der Waals surface area contributed by atoms with Crippen molar-refractivity contribution in [3.63, 3.8) is 0 Å². The molecule has 2 atom stereocenters. The molecule has 2 saturated heterocycles. The van der Waals surface area contributed by atoms with Crippen LogP contribution in [-0.2, 0) is 18.2 Å². The first-order chi connectivity index (χ1) is 16.9. The van der Waals surface area contributed by atoms with E-state index in [0.717, 1.165) is 71.6 Å². The van der Waals surface area contributed by atoms with Crippen LogP contribution in [0.3, 0.4) is 0 Å². The number of nitrogens with zero attached hydrogens (tertiary/aromatic N) is 4. The minimum Gasteiger partial charge on any atom is -0.378 e. The molecular formula is C27H35F2N5O. The molecule has 0 amide bonds. The number of anilines is 1. The van der Waals surface area contributed by atoms with E-state index in [1.165, 1.54) is 0 Å². The van der Waals surface area contributed by atoms with Crippen LogP contribution in [0.1, 0.15) is 43.0 Å². The molecule has 188 valence electrons. The Bertz CT molecular complexity index is 1200. The zero-order chi connectivity index (χ0) is 24.7. The molecule has 4 heterocycles. The van der Waals surface area contributed by atoms with Crippen LogP contribution in [0.25, 0.3) is 22.2 Å². The highest BCUT2D eigenvalue weighted by atomic mass is 19.1. The van der Waals surface area contributed by atoms with Gasteiger partial charge in [-0.2, -0.15) is 5.10 Å². The van der Waals surface area contributed by atoms with E-state index in [0.29, 0.717) is 18.5 Å². The lowest BCUT2D eigenvalue weighted by atomic mass is 9.96. The normalized spacial score (nSPS) is 21.7. The fourth-order valence-electron chi connectivity index (χ4n) is 5.39. The highest BCUT2D eigenvalue weighted by molar-refractivity contribution is 5.94. The monoisotopic (exact) mass is 483 g/mol. The van der Waals surface area contributed by atoms with Crippen LogP contribution in [-0.4, -0.2) is 59.3 Å². The topological polar surface area (TPSA) is 55.2 Å². The summed E-state index contributed by atoms with van der Waals surface area (Å²) >= 11 is 0. The van der Waals surface area contributed by atoms with Crippen LogP contribution in [0, 0.1) is 19.7 Å². The predicted molar refractivity (Wildman–Crippen MR) is 135 cm³/mol. The van der Waals surface area contributed by atoms with Crippen LogP contribution < -0.4 is 10.2 Å². The van der Waals surface area contributed by atoms with Crippen molar-refractivity contribution >= 4 is 16.7 Å². The summed E-state index contributed by atoms with van der Waals surface area (Å²) in [5.41, 5.74) is 5.25. The smallest absolute Gasteiger partial charge is 0.149 e. The molecule has 0 bridgehead atoms. The van der Waals surface area contributed by atoms with E-state index in [2.05, 4.69) is 22.3 Å². The SMILES string of the molecule is CCc1cc(F)c2nc(N3CCC(N[C@@H]4CCOC[C@H]4F)CC3)c(-c3cc(C)n(C)n3)c(C)c2c1. The number of halogens is 2. The molecule has 35 heavy (non-hydrogen) atoms. The molecule has 0 spiro atoms. The number of pyridine rings is 1. The molecule has 5 rings (SSSR count). The Labute approximate surface area is 205 Å². The molecule has 2 aliphatic rings. The number of benzene rings is 1. The van der Waals surface area contributed by atoms with Crippen LogP contribution in [0.5, 0.6) is 0 Å².